The molecule has 0 saturated heterocycles. The van der Waals surface area contributed by atoms with Crippen LogP contribution in [-0.4, -0.2) is 17.7 Å². The van der Waals surface area contributed by atoms with Crippen LogP contribution in [0, 0.1) is 0 Å². The fraction of sp³-hybridized carbons (Fsp3) is 0.182. The van der Waals surface area contributed by atoms with E-state index in [4.69, 9.17) is 20.9 Å². The van der Waals surface area contributed by atoms with Gasteiger partial charge in [-0.1, -0.05) is 72.2 Å². The predicted octanol–water partition coefficient (Wildman–Crippen LogP) is 6.04. The fourth-order valence-electron chi connectivity index (χ4n) is 3.48. The Morgan fingerprint density at radius 1 is 1.00 bits per heavy atom. The summed E-state index contributed by atoms with van der Waals surface area (Å²) < 4.78 is 10.8. The minimum atomic E-state index is -0.422. The highest BCUT2D eigenvalue weighted by Gasteiger charge is 2.27. The number of hydrogen-bond donors (Lipinski definition) is 0. The smallest absolute Gasteiger partial charge is 0.344 e. The van der Waals surface area contributed by atoms with Gasteiger partial charge in [0.25, 0.3) is 0 Å². The lowest BCUT2D eigenvalue weighted by Crippen LogP contribution is -2.08. The number of carbonyl (C=O) groups is 1. The first-order valence-electron chi connectivity index (χ1n) is 8.92. The molecular weight excluding hydrogens is 362 g/mol. The summed E-state index contributed by atoms with van der Waals surface area (Å²) in [5.74, 6) is 0.0975. The molecule has 0 saturated carbocycles. The second-order valence-electron chi connectivity index (χ2n) is 6.18. The van der Waals surface area contributed by atoms with Crippen LogP contribution in [0.5, 0.6) is 0 Å². The molecule has 4 nitrogen and oxygen atoms in total. The maximum absolute atomic E-state index is 12.7. The highest BCUT2D eigenvalue weighted by Crippen LogP contribution is 2.42. The van der Waals surface area contributed by atoms with E-state index in [1.54, 1.807) is 6.92 Å². The zero-order valence-electron chi connectivity index (χ0n) is 15.1. The number of benzene rings is 3. The Hall–Kier alpha value is -2.85. The predicted molar refractivity (Wildman–Crippen MR) is 107 cm³/mol. The Balaban J connectivity index is 2.15. The van der Waals surface area contributed by atoms with Crippen molar-refractivity contribution in [1.29, 1.82) is 0 Å². The maximum Gasteiger partial charge on any atom is 0.344 e. The number of fused-ring (bicyclic) bond motifs is 2. The number of rotatable bonds is 4. The number of esters is 1. The third-order valence-electron chi connectivity index (χ3n) is 4.67. The fourth-order valence-corrected chi connectivity index (χ4v) is 3.81. The lowest BCUT2D eigenvalue weighted by molar-refractivity contribution is 0.0524. The molecule has 0 aliphatic carbocycles. The molecule has 4 rings (SSSR count). The molecule has 0 fully saturated rings. The number of aromatic nitrogens is 1. The molecule has 1 heterocycles. The third-order valence-corrected chi connectivity index (χ3v) is 5.07. The molecule has 27 heavy (non-hydrogen) atoms. The van der Waals surface area contributed by atoms with Crippen LogP contribution in [-0.2, 0) is 11.2 Å². The summed E-state index contributed by atoms with van der Waals surface area (Å²) in [4.78, 5) is 12.7. The number of halogens is 1. The van der Waals surface area contributed by atoms with E-state index < -0.39 is 5.97 Å². The van der Waals surface area contributed by atoms with E-state index >= 15 is 0 Å². The summed E-state index contributed by atoms with van der Waals surface area (Å²) in [7, 11) is 0. The molecule has 1 aromatic heterocycles. The van der Waals surface area contributed by atoms with E-state index in [0.717, 1.165) is 27.1 Å². The molecule has 0 aliphatic heterocycles. The Bertz CT molecular complexity index is 1110. The van der Waals surface area contributed by atoms with Crippen LogP contribution in [0.15, 0.2) is 53.1 Å². The van der Waals surface area contributed by atoms with Crippen molar-refractivity contribution >= 4 is 39.1 Å². The van der Waals surface area contributed by atoms with Gasteiger partial charge < -0.3 is 9.26 Å². The molecule has 0 atom stereocenters. The van der Waals surface area contributed by atoms with Crippen LogP contribution < -0.4 is 0 Å². The van der Waals surface area contributed by atoms with Crippen molar-refractivity contribution in [3.8, 4) is 11.3 Å². The summed E-state index contributed by atoms with van der Waals surface area (Å²) in [6, 6.07) is 15.7. The van der Waals surface area contributed by atoms with Crippen molar-refractivity contribution in [2.45, 2.75) is 20.3 Å². The molecule has 0 amide bonds. The van der Waals surface area contributed by atoms with Crippen molar-refractivity contribution in [3.63, 3.8) is 0 Å². The van der Waals surface area contributed by atoms with E-state index in [1.165, 1.54) is 0 Å². The first-order valence-corrected chi connectivity index (χ1v) is 9.30. The molecule has 0 radical (unpaired) electrons. The van der Waals surface area contributed by atoms with Gasteiger partial charge in [0.2, 0.25) is 0 Å². The SMILES string of the molecule is CCOC(=O)c1c(-c2c3ccccc3c(Cl)c3ccccc23)noc1CC. The topological polar surface area (TPSA) is 52.3 Å². The molecule has 0 unspecified atom stereocenters. The highest BCUT2D eigenvalue weighted by atomic mass is 35.5. The van der Waals surface area contributed by atoms with Crippen LogP contribution in [0.25, 0.3) is 32.8 Å². The monoisotopic (exact) mass is 379 g/mol. The summed E-state index contributed by atoms with van der Waals surface area (Å²) in [5.41, 5.74) is 1.71. The van der Waals surface area contributed by atoms with E-state index in [-0.39, 0.29) is 6.61 Å². The Morgan fingerprint density at radius 2 is 1.56 bits per heavy atom. The number of nitrogens with zero attached hydrogens (tertiary/aromatic N) is 1. The van der Waals surface area contributed by atoms with Gasteiger partial charge in [-0.05, 0) is 17.7 Å². The third kappa shape index (κ3) is 2.77. The summed E-state index contributed by atoms with van der Waals surface area (Å²) in [6.07, 6.45) is 0.546. The largest absolute Gasteiger partial charge is 0.462 e. The summed E-state index contributed by atoms with van der Waals surface area (Å²) in [6.45, 7) is 3.99. The minimum absolute atomic E-state index is 0.286. The first-order chi connectivity index (χ1) is 13.2. The molecule has 0 spiro atoms. The van der Waals surface area contributed by atoms with Crippen LogP contribution in [0.4, 0.5) is 0 Å². The number of carbonyl (C=O) groups excluding carboxylic acids is 1. The van der Waals surface area contributed by atoms with E-state index in [9.17, 15) is 4.79 Å². The van der Waals surface area contributed by atoms with Gasteiger partial charge in [0.05, 0.1) is 11.6 Å². The number of hydrogen-bond acceptors (Lipinski definition) is 4. The van der Waals surface area contributed by atoms with Crippen molar-refractivity contribution in [2.24, 2.45) is 0 Å². The zero-order valence-corrected chi connectivity index (χ0v) is 15.8. The van der Waals surface area contributed by atoms with Gasteiger partial charge in [-0.2, -0.15) is 0 Å². The zero-order chi connectivity index (χ0) is 19.0. The molecule has 3 aromatic carbocycles. The Kier molecular flexibility index (Phi) is 4.58. The van der Waals surface area contributed by atoms with Gasteiger partial charge in [0, 0.05) is 22.8 Å². The summed E-state index contributed by atoms with van der Waals surface area (Å²) >= 11 is 6.68. The molecule has 0 bridgehead atoms. The lowest BCUT2D eigenvalue weighted by Gasteiger charge is -2.13. The maximum atomic E-state index is 12.7. The van der Waals surface area contributed by atoms with Crippen molar-refractivity contribution in [2.75, 3.05) is 6.61 Å². The average Bonchev–Trinajstić information content (AvgIpc) is 3.12. The number of ether oxygens (including phenoxy) is 1. The van der Waals surface area contributed by atoms with Crippen LogP contribution in [0.2, 0.25) is 5.02 Å². The van der Waals surface area contributed by atoms with Crippen LogP contribution >= 0.6 is 11.6 Å². The van der Waals surface area contributed by atoms with Gasteiger partial charge in [-0.3, -0.25) is 0 Å². The van der Waals surface area contributed by atoms with Crippen molar-refractivity contribution in [3.05, 3.63) is 64.9 Å². The Morgan fingerprint density at radius 3 is 2.07 bits per heavy atom. The van der Waals surface area contributed by atoms with Crippen LogP contribution in [0.1, 0.15) is 30.0 Å². The lowest BCUT2D eigenvalue weighted by atomic mass is 9.92. The molecule has 0 N–H and O–H groups in total. The van der Waals surface area contributed by atoms with E-state index in [1.807, 2.05) is 55.5 Å². The van der Waals surface area contributed by atoms with Crippen LogP contribution in [0.3, 0.4) is 0 Å². The van der Waals surface area contributed by atoms with Gasteiger partial charge in [0.15, 0.2) is 5.76 Å². The van der Waals surface area contributed by atoms with Crippen molar-refractivity contribution < 1.29 is 14.1 Å². The second-order valence-corrected chi connectivity index (χ2v) is 6.56. The average molecular weight is 380 g/mol. The molecule has 0 aliphatic rings. The standard InChI is InChI=1S/C22H18ClNO3/c1-3-17-19(22(25)26-4-2)21(24-27-17)18-13-9-5-7-11-15(13)20(23)16-12-8-6-10-14(16)18/h5-12H,3-4H2,1-2H3. The molecule has 4 aromatic rings. The summed E-state index contributed by atoms with van der Waals surface area (Å²) in [5, 5.41) is 8.60. The van der Waals surface area contributed by atoms with E-state index in [2.05, 4.69) is 5.16 Å². The molecule has 5 heteroatoms. The number of aryl methyl sites for hydroxylation is 1. The van der Waals surface area contributed by atoms with Gasteiger partial charge >= 0.3 is 5.97 Å². The van der Waals surface area contributed by atoms with Gasteiger partial charge in [-0.15, -0.1) is 0 Å². The minimum Gasteiger partial charge on any atom is -0.462 e. The second kappa shape index (κ2) is 7.05. The Labute approximate surface area is 161 Å². The highest BCUT2D eigenvalue weighted by molar-refractivity contribution is 6.42. The first kappa shape index (κ1) is 17.6. The normalized spacial score (nSPS) is 11.2. The molecule has 136 valence electrons. The quantitative estimate of drug-likeness (QED) is 0.320. The van der Waals surface area contributed by atoms with E-state index in [0.29, 0.717) is 28.5 Å². The van der Waals surface area contributed by atoms with Gasteiger partial charge in [0.1, 0.15) is 11.3 Å². The molecular formula is C22H18ClNO3. The van der Waals surface area contributed by atoms with Crippen molar-refractivity contribution in [1.82, 2.24) is 5.16 Å². The van der Waals surface area contributed by atoms with Gasteiger partial charge in [-0.25, -0.2) is 4.79 Å².